The van der Waals surface area contributed by atoms with E-state index >= 15 is 0 Å². The number of amides is 1. The van der Waals surface area contributed by atoms with Gasteiger partial charge in [0, 0.05) is 42.7 Å². The molecule has 0 fully saturated rings. The summed E-state index contributed by atoms with van der Waals surface area (Å²) in [6.45, 7) is 0.131. The van der Waals surface area contributed by atoms with Gasteiger partial charge in [-0.25, -0.2) is 4.39 Å². The lowest BCUT2D eigenvalue weighted by Crippen LogP contribution is -2.30. The number of halogens is 1. The molecule has 1 unspecified atom stereocenters. The average Bonchev–Trinajstić information content (AvgIpc) is 3.33. The number of carbonyl (C=O) groups excluding carboxylic acids is 2. The molecule has 6 heteroatoms. The Morgan fingerprint density at radius 3 is 2.37 bits per heavy atom. The molecule has 0 radical (unpaired) electrons. The number of ketones is 1. The highest BCUT2D eigenvalue weighted by Crippen LogP contribution is 2.42. The van der Waals surface area contributed by atoms with Crippen molar-refractivity contribution in [3.63, 3.8) is 0 Å². The Labute approximate surface area is 202 Å². The summed E-state index contributed by atoms with van der Waals surface area (Å²) in [5, 5.41) is 11.8. The zero-order chi connectivity index (χ0) is 24.5. The summed E-state index contributed by atoms with van der Waals surface area (Å²) in [6.07, 6.45) is 2.58. The molecular weight excluding hydrogens is 443 g/mol. The predicted molar refractivity (Wildman–Crippen MR) is 132 cm³/mol. The first-order chi connectivity index (χ1) is 16.9. The van der Waals surface area contributed by atoms with Gasteiger partial charge in [-0.05, 0) is 35.7 Å². The van der Waals surface area contributed by atoms with Crippen molar-refractivity contribution >= 4 is 22.6 Å². The fourth-order valence-corrected chi connectivity index (χ4v) is 4.84. The highest BCUT2D eigenvalue weighted by molar-refractivity contribution is 6.09. The van der Waals surface area contributed by atoms with Crippen LogP contribution in [0.1, 0.15) is 29.2 Å². The van der Waals surface area contributed by atoms with E-state index in [1.807, 2.05) is 72.4 Å². The number of aromatic nitrogens is 1. The first-order valence-corrected chi connectivity index (χ1v) is 11.5. The predicted octanol–water partition coefficient (Wildman–Crippen LogP) is 5.41. The number of aliphatic hydroxyl groups excluding tert-OH is 1. The minimum atomic E-state index is -0.748. The molecule has 1 N–H and O–H groups in total. The van der Waals surface area contributed by atoms with Gasteiger partial charge in [-0.15, -0.1) is 0 Å². The smallest absolute Gasteiger partial charge is 0.290 e. The molecular formula is C29H25FN2O3. The number of hydrogen-bond donors (Lipinski definition) is 1. The van der Waals surface area contributed by atoms with E-state index in [9.17, 15) is 19.1 Å². The van der Waals surface area contributed by atoms with Crippen molar-refractivity contribution in [3.05, 3.63) is 119 Å². The topological polar surface area (TPSA) is 62.5 Å². The van der Waals surface area contributed by atoms with Crippen LogP contribution in [-0.4, -0.2) is 26.3 Å². The third-order valence-corrected chi connectivity index (χ3v) is 6.58. The summed E-state index contributed by atoms with van der Waals surface area (Å²) >= 11 is 0. The van der Waals surface area contributed by atoms with Crippen LogP contribution in [-0.2, 0) is 29.6 Å². The standard InChI is InChI=1S/C29H25FN2O3/c1-31-18-23(22-9-5-6-10-24(22)31)27-26(25(33)16-13-19-7-3-2-4-8-19)28(34)29(35)32(27)17-20-11-14-21(30)15-12-20/h2-12,14-15,18,27,34H,13,16-17H2,1H3. The summed E-state index contributed by atoms with van der Waals surface area (Å²) in [4.78, 5) is 28.3. The zero-order valence-electron chi connectivity index (χ0n) is 19.3. The number of nitrogens with zero attached hydrogens (tertiary/aromatic N) is 2. The molecule has 0 saturated heterocycles. The molecule has 1 aliphatic rings. The highest BCUT2D eigenvalue weighted by Gasteiger charge is 2.44. The van der Waals surface area contributed by atoms with Gasteiger partial charge in [-0.3, -0.25) is 9.59 Å². The highest BCUT2D eigenvalue weighted by atomic mass is 19.1. The molecule has 2 heterocycles. The summed E-state index contributed by atoms with van der Waals surface area (Å²) < 4.78 is 15.4. The fraction of sp³-hybridized carbons (Fsp3) is 0.172. The van der Waals surface area contributed by atoms with Crippen molar-refractivity contribution < 1.29 is 19.1 Å². The number of Topliss-reactive ketones (excluding diaryl/α,β-unsaturated/α-hetero) is 1. The van der Waals surface area contributed by atoms with Crippen molar-refractivity contribution in [3.8, 4) is 0 Å². The lowest BCUT2D eigenvalue weighted by atomic mass is 9.93. The lowest BCUT2D eigenvalue weighted by Gasteiger charge is -2.26. The van der Waals surface area contributed by atoms with E-state index in [2.05, 4.69) is 0 Å². The first-order valence-electron chi connectivity index (χ1n) is 11.5. The van der Waals surface area contributed by atoms with Gasteiger partial charge in [0.2, 0.25) is 0 Å². The summed E-state index contributed by atoms with van der Waals surface area (Å²) in [6, 6.07) is 22.5. The summed E-state index contributed by atoms with van der Waals surface area (Å²) in [5.41, 5.74) is 3.56. The fourth-order valence-electron chi connectivity index (χ4n) is 4.84. The van der Waals surface area contributed by atoms with Gasteiger partial charge in [-0.1, -0.05) is 60.7 Å². The molecule has 4 aromatic rings. The molecule has 0 saturated carbocycles. The van der Waals surface area contributed by atoms with E-state index in [0.29, 0.717) is 12.0 Å². The van der Waals surface area contributed by atoms with E-state index in [-0.39, 0.29) is 30.1 Å². The Balaban J connectivity index is 1.56. The van der Waals surface area contributed by atoms with Crippen LogP contribution in [0.4, 0.5) is 4.39 Å². The minimum Gasteiger partial charge on any atom is -0.503 e. The van der Waals surface area contributed by atoms with Crippen molar-refractivity contribution in [2.45, 2.75) is 25.4 Å². The van der Waals surface area contributed by atoms with Gasteiger partial charge in [0.05, 0.1) is 11.6 Å². The van der Waals surface area contributed by atoms with Crippen LogP contribution in [0.3, 0.4) is 0 Å². The van der Waals surface area contributed by atoms with Crippen LogP contribution in [0, 0.1) is 5.82 Å². The Morgan fingerprint density at radius 2 is 1.63 bits per heavy atom. The first kappa shape index (κ1) is 22.6. The maximum Gasteiger partial charge on any atom is 0.290 e. The Bertz CT molecular complexity index is 1440. The van der Waals surface area contributed by atoms with Crippen molar-refractivity contribution in [1.82, 2.24) is 9.47 Å². The second-order valence-corrected chi connectivity index (χ2v) is 8.85. The number of aliphatic hydroxyl groups is 1. The van der Waals surface area contributed by atoms with Gasteiger partial charge < -0.3 is 14.6 Å². The van der Waals surface area contributed by atoms with Crippen LogP contribution >= 0.6 is 0 Å². The van der Waals surface area contributed by atoms with Crippen LogP contribution < -0.4 is 0 Å². The molecule has 5 rings (SSSR count). The van der Waals surface area contributed by atoms with Crippen LogP contribution in [0.15, 0.2) is 96.4 Å². The van der Waals surface area contributed by atoms with Crippen molar-refractivity contribution in [2.24, 2.45) is 7.05 Å². The molecule has 0 bridgehead atoms. The number of rotatable bonds is 7. The number of para-hydroxylation sites is 1. The van der Waals surface area contributed by atoms with E-state index in [1.54, 1.807) is 12.1 Å². The van der Waals surface area contributed by atoms with E-state index in [1.165, 1.54) is 17.0 Å². The van der Waals surface area contributed by atoms with Crippen LogP contribution in [0.5, 0.6) is 0 Å². The minimum absolute atomic E-state index is 0.115. The Hall–Kier alpha value is -4.19. The number of benzene rings is 3. The van der Waals surface area contributed by atoms with Gasteiger partial charge in [0.25, 0.3) is 5.91 Å². The summed E-state index contributed by atoms with van der Waals surface area (Å²) in [7, 11) is 1.91. The summed E-state index contributed by atoms with van der Waals surface area (Å²) in [5.74, 6) is -1.75. The van der Waals surface area contributed by atoms with E-state index in [0.717, 1.165) is 22.0 Å². The van der Waals surface area contributed by atoms with Gasteiger partial charge >= 0.3 is 0 Å². The zero-order valence-corrected chi connectivity index (χ0v) is 19.3. The molecule has 176 valence electrons. The molecule has 0 aliphatic carbocycles. The average molecular weight is 469 g/mol. The molecule has 35 heavy (non-hydrogen) atoms. The maximum atomic E-state index is 13.5. The monoisotopic (exact) mass is 468 g/mol. The second kappa shape index (κ2) is 9.22. The SMILES string of the molecule is Cn1cc(C2C(C(=O)CCc3ccccc3)=C(O)C(=O)N2Cc2ccc(F)cc2)c2ccccc21. The molecule has 5 nitrogen and oxygen atoms in total. The molecule has 0 spiro atoms. The molecule has 3 aromatic carbocycles. The third-order valence-electron chi connectivity index (χ3n) is 6.58. The van der Waals surface area contributed by atoms with Gasteiger partial charge in [0.1, 0.15) is 5.82 Å². The largest absolute Gasteiger partial charge is 0.503 e. The van der Waals surface area contributed by atoms with Gasteiger partial charge in [-0.2, -0.15) is 0 Å². The number of carbonyl (C=O) groups is 2. The van der Waals surface area contributed by atoms with Crippen molar-refractivity contribution in [2.75, 3.05) is 0 Å². The van der Waals surface area contributed by atoms with E-state index in [4.69, 9.17) is 0 Å². The Morgan fingerprint density at radius 1 is 0.943 bits per heavy atom. The normalized spacial score (nSPS) is 15.9. The molecule has 1 atom stereocenters. The quantitative estimate of drug-likeness (QED) is 0.394. The van der Waals surface area contributed by atoms with E-state index < -0.39 is 17.7 Å². The molecule has 1 aromatic heterocycles. The van der Waals surface area contributed by atoms with Crippen molar-refractivity contribution in [1.29, 1.82) is 0 Å². The molecule has 1 amide bonds. The molecule has 1 aliphatic heterocycles. The lowest BCUT2D eigenvalue weighted by molar-refractivity contribution is -0.130. The maximum absolute atomic E-state index is 13.5. The number of aryl methyl sites for hydroxylation is 2. The van der Waals surface area contributed by atoms with Crippen LogP contribution in [0.2, 0.25) is 0 Å². The number of hydrogen-bond acceptors (Lipinski definition) is 3. The van der Waals surface area contributed by atoms with Gasteiger partial charge in [0.15, 0.2) is 11.5 Å². The number of fused-ring (bicyclic) bond motifs is 1. The Kier molecular flexibility index (Phi) is 5.95. The third kappa shape index (κ3) is 4.23. The van der Waals surface area contributed by atoms with Crippen LogP contribution in [0.25, 0.3) is 10.9 Å². The second-order valence-electron chi connectivity index (χ2n) is 8.85.